The molecule has 0 amide bonds. The van der Waals surface area contributed by atoms with Crippen molar-refractivity contribution < 1.29 is 9.47 Å². The summed E-state index contributed by atoms with van der Waals surface area (Å²) >= 11 is 1.44. The summed E-state index contributed by atoms with van der Waals surface area (Å²) in [5.74, 6) is 1.54. The molecule has 0 fully saturated rings. The van der Waals surface area contributed by atoms with Gasteiger partial charge in [0, 0.05) is 18.7 Å². The molecule has 96 valence electrons. The molecule has 0 radical (unpaired) electrons. The van der Waals surface area contributed by atoms with Crippen molar-refractivity contribution >= 4 is 38.5 Å². The molecule has 1 aromatic carbocycles. The Morgan fingerprint density at radius 2 is 2.00 bits per heavy atom. The van der Waals surface area contributed by atoms with Gasteiger partial charge in [-0.25, -0.2) is 0 Å². The predicted molar refractivity (Wildman–Crippen MR) is 77.2 cm³/mol. The van der Waals surface area contributed by atoms with Crippen LogP contribution in [0.5, 0.6) is 11.5 Å². The van der Waals surface area contributed by atoms with E-state index in [-0.39, 0.29) is 17.0 Å². The molecule has 2 heterocycles. The summed E-state index contributed by atoms with van der Waals surface area (Å²) in [4.78, 5) is 0.516. The second-order valence-electron chi connectivity index (χ2n) is 3.77. The lowest BCUT2D eigenvalue weighted by molar-refractivity contribution is 0.172. The van der Waals surface area contributed by atoms with Crippen LogP contribution >= 0.6 is 28.3 Å². The van der Waals surface area contributed by atoms with Gasteiger partial charge in [0.25, 0.3) is 0 Å². The van der Waals surface area contributed by atoms with Gasteiger partial charge in [0.2, 0.25) is 0 Å². The minimum Gasteiger partial charge on any atom is -0.486 e. The molecule has 0 atom stereocenters. The number of ether oxygens (including phenoxy) is 2. The van der Waals surface area contributed by atoms with Gasteiger partial charge in [-0.15, -0.1) is 23.6 Å². The highest BCUT2D eigenvalue weighted by molar-refractivity contribution is 8.93. The van der Waals surface area contributed by atoms with Crippen LogP contribution in [0.3, 0.4) is 0 Å². The van der Waals surface area contributed by atoms with E-state index >= 15 is 0 Å². The van der Waals surface area contributed by atoms with E-state index in [9.17, 15) is 0 Å². The van der Waals surface area contributed by atoms with Crippen molar-refractivity contribution in [3.05, 3.63) is 29.6 Å². The molecule has 1 aliphatic rings. The fourth-order valence-electron chi connectivity index (χ4n) is 1.93. The number of thiazole rings is 1. The van der Waals surface area contributed by atoms with Crippen LogP contribution in [0, 0.1) is 5.41 Å². The van der Waals surface area contributed by atoms with Crippen LogP contribution in [0.4, 0.5) is 0 Å². The number of aromatic nitrogens is 1. The summed E-state index contributed by atoms with van der Waals surface area (Å²) in [5, 5.41) is 7.93. The molecule has 1 aliphatic heterocycles. The highest BCUT2D eigenvalue weighted by Gasteiger charge is 2.15. The monoisotopic (exact) mass is 328 g/mol. The third-order valence-electron chi connectivity index (χ3n) is 2.68. The standard InChI is InChI=1S/C12H12N2O2S.BrH/c1-2-3-14-8-6-9-10(16-5-4-15-9)7-11(8)17-12(14)13;/h2,6-7,13H,1,3-5H2;1H. The van der Waals surface area contributed by atoms with Gasteiger partial charge >= 0.3 is 0 Å². The number of nitrogens with one attached hydrogen (secondary N) is 1. The van der Waals surface area contributed by atoms with Gasteiger partial charge in [-0.05, 0) is 0 Å². The Kier molecular flexibility index (Phi) is 3.77. The highest BCUT2D eigenvalue weighted by atomic mass is 79.9. The first kappa shape index (κ1) is 13.2. The van der Waals surface area contributed by atoms with Gasteiger partial charge in [0.15, 0.2) is 16.3 Å². The van der Waals surface area contributed by atoms with Gasteiger partial charge in [-0.1, -0.05) is 17.4 Å². The quantitative estimate of drug-likeness (QED) is 0.861. The molecule has 4 nitrogen and oxygen atoms in total. The highest BCUT2D eigenvalue weighted by Crippen LogP contribution is 2.35. The van der Waals surface area contributed by atoms with Crippen molar-refractivity contribution in [1.29, 1.82) is 5.41 Å². The fourth-order valence-corrected chi connectivity index (χ4v) is 2.86. The molecule has 6 heteroatoms. The number of rotatable bonds is 2. The van der Waals surface area contributed by atoms with Crippen LogP contribution in [-0.2, 0) is 6.54 Å². The van der Waals surface area contributed by atoms with Crippen molar-refractivity contribution in [2.45, 2.75) is 6.54 Å². The van der Waals surface area contributed by atoms with Gasteiger partial charge in [0.1, 0.15) is 13.2 Å². The lowest BCUT2D eigenvalue weighted by Gasteiger charge is -2.18. The molecule has 0 bridgehead atoms. The third kappa shape index (κ3) is 2.06. The fraction of sp³-hybridized carbons (Fsp3) is 0.250. The SMILES string of the molecule is Br.C=CCn1c(=N)sc2cc3c(cc21)OCCO3. The van der Waals surface area contributed by atoms with Crippen LogP contribution < -0.4 is 14.3 Å². The molecule has 0 aliphatic carbocycles. The zero-order chi connectivity index (χ0) is 11.8. The topological polar surface area (TPSA) is 47.2 Å². The van der Waals surface area contributed by atoms with E-state index < -0.39 is 0 Å². The largest absolute Gasteiger partial charge is 0.486 e. The van der Waals surface area contributed by atoms with Crippen LogP contribution in [0.1, 0.15) is 0 Å². The molecular weight excluding hydrogens is 316 g/mol. The van der Waals surface area contributed by atoms with Gasteiger partial charge in [-0.2, -0.15) is 0 Å². The predicted octanol–water partition coefficient (Wildman–Crippen LogP) is 2.72. The van der Waals surface area contributed by atoms with Crippen molar-refractivity contribution in [1.82, 2.24) is 4.57 Å². The molecule has 0 spiro atoms. The van der Waals surface area contributed by atoms with Crippen molar-refractivity contribution in [3.63, 3.8) is 0 Å². The number of halogens is 1. The van der Waals surface area contributed by atoms with Gasteiger partial charge in [0.05, 0.1) is 10.2 Å². The molecule has 2 aromatic rings. The van der Waals surface area contributed by atoms with Crippen molar-refractivity contribution in [3.8, 4) is 11.5 Å². The average molecular weight is 329 g/mol. The maximum Gasteiger partial charge on any atom is 0.183 e. The van der Waals surface area contributed by atoms with Crippen molar-refractivity contribution in [2.24, 2.45) is 0 Å². The zero-order valence-electron chi connectivity index (χ0n) is 9.64. The van der Waals surface area contributed by atoms with E-state index in [0.29, 0.717) is 24.6 Å². The Balaban J connectivity index is 0.00000120. The number of fused-ring (bicyclic) bond motifs is 2. The lowest BCUT2D eigenvalue weighted by Crippen LogP contribution is -2.15. The molecule has 3 rings (SSSR count). The second kappa shape index (κ2) is 5.16. The zero-order valence-corrected chi connectivity index (χ0v) is 12.2. The maximum absolute atomic E-state index is 7.93. The molecule has 1 N–H and O–H groups in total. The normalized spacial score (nSPS) is 13.1. The molecule has 18 heavy (non-hydrogen) atoms. The first-order chi connectivity index (χ1) is 8.29. The summed E-state index contributed by atoms with van der Waals surface area (Å²) in [5.41, 5.74) is 1.00. The summed E-state index contributed by atoms with van der Waals surface area (Å²) < 4.78 is 14.0. The molecule has 1 aromatic heterocycles. The molecular formula is C12H13BrN2O2S. The summed E-state index contributed by atoms with van der Waals surface area (Å²) in [6, 6.07) is 3.90. The number of nitrogens with zero attached hydrogens (tertiary/aromatic N) is 1. The lowest BCUT2D eigenvalue weighted by atomic mass is 10.2. The number of hydrogen-bond donors (Lipinski definition) is 1. The summed E-state index contributed by atoms with van der Waals surface area (Å²) in [7, 11) is 0. The Hall–Kier alpha value is -1.27. The van der Waals surface area contributed by atoms with Crippen molar-refractivity contribution in [2.75, 3.05) is 13.2 Å². The Labute approximate surface area is 119 Å². The third-order valence-corrected chi connectivity index (χ3v) is 3.64. The van der Waals surface area contributed by atoms with Gasteiger partial charge < -0.3 is 14.0 Å². The van der Waals surface area contributed by atoms with E-state index in [1.165, 1.54) is 11.3 Å². The number of benzene rings is 1. The maximum atomic E-state index is 7.93. The molecule has 0 unspecified atom stereocenters. The van der Waals surface area contributed by atoms with Crippen LogP contribution in [0.2, 0.25) is 0 Å². The first-order valence-electron chi connectivity index (χ1n) is 5.38. The molecule has 0 saturated carbocycles. The minimum absolute atomic E-state index is 0. The Morgan fingerprint density at radius 1 is 1.33 bits per heavy atom. The summed E-state index contributed by atoms with van der Waals surface area (Å²) in [6.45, 7) is 5.52. The minimum atomic E-state index is 0. The Morgan fingerprint density at radius 3 is 2.67 bits per heavy atom. The van der Waals surface area contributed by atoms with E-state index in [1.54, 1.807) is 6.08 Å². The smallest absolute Gasteiger partial charge is 0.183 e. The Bertz CT molecular complexity index is 647. The second-order valence-corrected chi connectivity index (χ2v) is 4.80. The number of hydrogen-bond acceptors (Lipinski definition) is 4. The van der Waals surface area contributed by atoms with E-state index in [1.807, 2.05) is 16.7 Å². The number of allylic oxidation sites excluding steroid dienone is 1. The van der Waals surface area contributed by atoms with Gasteiger partial charge in [-0.3, -0.25) is 5.41 Å². The van der Waals surface area contributed by atoms with Crippen LogP contribution in [-0.4, -0.2) is 17.8 Å². The first-order valence-corrected chi connectivity index (χ1v) is 6.19. The summed E-state index contributed by atoms with van der Waals surface area (Å²) in [6.07, 6.45) is 1.79. The van der Waals surface area contributed by atoms with E-state index in [2.05, 4.69) is 6.58 Å². The average Bonchev–Trinajstić information content (AvgIpc) is 2.63. The molecule has 0 saturated heterocycles. The van der Waals surface area contributed by atoms with Crippen LogP contribution in [0.25, 0.3) is 10.2 Å². The van der Waals surface area contributed by atoms with E-state index in [4.69, 9.17) is 14.9 Å². The van der Waals surface area contributed by atoms with Crippen LogP contribution in [0.15, 0.2) is 24.8 Å². The van der Waals surface area contributed by atoms with E-state index in [0.717, 1.165) is 21.7 Å².